The second kappa shape index (κ2) is 6.95. The van der Waals surface area contributed by atoms with Crippen LogP contribution in [-0.2, 0) is 6.54 Å². The molecule has 0 spiro atoms. The molecule has 5 nitrogen and oxygen atoms in total. The van der Waals surface area contributed by atoms with Crippen LogP contribution in [0.3, 0.4) is 0 Å². The first-order valence-electron chi connectivity index (χ1n) is 6.19. The zero-order valence-electron chi connectivity index (χ0n) is 11.7. The molecular weight excluding hydrogens is 334 g/mol. The average Bonchev–Trinajstić information content (AvgIpc) is 2.52. The molecule has 6 heteroatoms. The standard InChI is InChI=1S/C15H14BrN3O2/c1-20-14-5-6-18-13(15(14)21-2)9-19-12-7-11(16)4-3-10(12)8-17/h3-7,19H,9H2,1-2H3. The van der Waals surface area contributed by atoms with Gasteiger partial charge < -0.3 is 14.8 Å². The normalized spacial score (nSPS) is 9.81. The van der Waals surface area contributed by atoms with Crippen molar-refractivity contribution in [2.45, 2.75) is 6.54 Å². The number of nitrogens with zero attached hydrogens (tertiary/aromatic N) is 2. The predicted molar refractivity (Wildman–Crippen MR) is 83.5 cm³/mol. The molecule has 1 N–H and O–H groups in total. The van der Waals surface area contributed by atoms with Crippen LogP contribution in [-0.4, -0.2) is 19.2 Å². The highest BCUT2D eigenvalue weighted by Crippen LogP contribution is 2.30. The molecular formula is C15H14BrN3O2. The third-order valence-electron chi connectivity index (χ3n) is 2.91. The van der Waals surface area contributed by atoms with Crippen molar-refractivity contribution in [2.24, 2.45) is 0 Å². The minimum Gasteiger partial charge on any atom is -0.493 e. The first kappa shape index (κ1) is 15.1. The molecule has 2 aromatic rings. The molecule has 0 aliphatic rings. The highest BCUT2D eigenvalue weighted by Gasteiger charge is 2.11. The third kappa shape index (κ3) is 3.44. The smallest absolute Gasteiger partial charge is 0.184 e. The summed E-state index contributed by atoms with van der Waals surface area (Å²) in [5.41, 5.74) is 2.01. The van der Waals surface area contributed by atoms with Gasteiger partial charge in [-0.25, -0.2) is 0 Å². The number of pyridine rings is 1. The van der Waals surface area contributed by atoms with E-state index in [9.17, 15) is 0 Å². The van der Waals surface area contributed by atoms with Crippen molar-refractivity contribution in [2.75, 3.05) is 19.5 Å². The van der Waals surface area contributed by atoms with Crippen molar-refractivity contribution in [3.63, 3.8) is 0 Å². The average molecular weight is 348 g/mol. The number of hydrogen-bond acceptors (Lipinski definition) is 5. The van der Waals surface area contributed by atoms with Gasteiger partial charge in [0.2, 0.25) is 0 Å². The molecule has 0 radical (unpaired) electrons. The summed E-state index contributed by atoms with van der Waals surface area (Å²) in [6, 6.07) is 9.32. The van der Waals surface area contributed by atoms with Crippen LogP contribution < -0.4 is 14.8 Å². The summed E-state index contributed by atoms with van der Waals surface area (Å²) in [7, 11) is 3.15. The number of hydrogen-bond donors (Lipinski definition) is 1. The fraction of sp³-hybridized carbons (Fsp3) is 0.200. The second-order valence-corrected chi connectivity index (χ2v) is 5.06. The Morgan fingerprint density at radius 2 is 2.10 bits per heavy atom. The number of halogens is 1. The molecule has 0 bridgehead atoms. The van der Waals surface area contributed by atoms with Gasteiger partial charge in [0.25, 0.3) is 0 Å². The second-order valence-electron chi connectivity index (χ2n) is 4.15. The molecule has 2 rings (SSSR count). The molecule has 1 heterocycles. The van der Waals surface area contributed by atoms with Crippen LogP contribution in [0.5, 0.6) is 11.5 Å². The lowest BCUT2D eigenvalue weighted by atomic mass is 10.2. The number of benzene rings is 1. The summed E-state index contributed by atoms with van der Waals surface area (Å²) >= 11 is 3.39. The number of ether oxygens (including phenoxy) is 2. The Labute approximate surface area is 131 Å². The predicted octanol–water partition coefficient (Wildman–Crippen LogP) is 3.35. The van der Waals surface area contributed by atoms with E-state index in [0.717, 1.165) is 10.2 Å². The maximum atomic E-state index is 9.12. The lowest BCUT2D eigenvalue weighted by Gasteiger charge is -2.13. The molecule has 21 heavy (non-hydrogen) atoms. The van der Waals surface area contributed by atoms with Crippen LogP contribution in [0.4, 0.5) is 5.69 Å². The molecule has 0 fully saturated rings. The van der Waals surface area contributed by atoms with Crippen LogP contribution >= 0.6 is 15.9 Å². The van der Waals surface area contributed by atoms with E-state index in [2.05, 4.69) is 32.3 Å². The van der Waals surface area contributed by atoms with Gasteiger partial charge in [-0.05, 0) is 18.2 Å². The summed E-state index contributed by atoms with van der Waals surface area (Å²) in [5, 5.41) is 12.3. The number of methoxy groups -OCH3 is 2. The quantitative estimate of drug-likeness (QED) is 0.898. The molecule has 0 unspecified atom stereocenters. The Bertz CT molecular complexity index is 683. The minimum absolute atomic E-state index is 0.422. The molecule has 0 atom stereocenters. The van der Waals surface area contributed by atoms with Gasteiger partial charge in [-0.1, -0.05) is 15.9 Å². The van der Waals surface area contributed by atoms with E-state index in [0.29, 0.717) is 29.3 Å². The maximum Gasteiger partial charge on any atom is 0.184 e. The lowest BCUT2D eigenvalue weighted by Crippen LogP contribution is -2.06. The zero-order chi connectivity index (χ0) is 15.2. The van der Waals surface area contributed by atoms with Crippen LogP contribution in [0.15, 0.2) is 34.9 Å². The summed E-state index contributed by atoms with van der Waals surface area (Å²) < 4.78 is 11.5. The molecule has 0 aliphatic heterocycles. The Balaban J connectivity index is 2.25. The van der Waals surface area contributed by atoms with E-state index in [1.807, 2.05) is 12.1 Å². The van der Waals surface area contributed by atoms with Crippen molar-refractivity contribution in [3.8, 4) is 17.6 Å². The lowest BCUT2D eigenvalue weighted by molar-refractivity contribution is 0.350. The zero-order valence-corrected chi connectivity index (χ0v) is 13.3. The monoisotopic (exact) mass is 347 g/mol. The molecule has 0 amide bonds. The Morgan fingerprint density at radius 1 is 1.29 bits per heavy atom. The molecule has 1 aromatic heterocycles. The highest BCUT2D eigenvalue weighted by atomic mass is 79.9. The van der Waals surface area contributed by atoms with E-state index in [1.54, 1.807) is 32.5 Å². The Morgan fingerprint density at radius 3 is 2.76 bits per heavy atom. The van der Waals surface area contributed by atoms with Crippen molar-refractivity contribution < 1.29 is 9.47 Å². The Hall–Kier alpha value is -2.26. The molecule has 108 valence electrons. The van der Waals surface area contributed by atoms with Gasteiger partial charge in [-0.3, -0.25) is 4.98 Å². The van der Waals surface area contributed by atoms with Gasteiger partial charge in [0.1, 0.15) is 11.8 Å². The van der Waals surface area contributed by atoms with Crippen molar-refractivity contribution >= 4 is 21.6 Å². The van der Waals surface area contributed by atoms with Crippen molar-refractivity contribution in [3.05, 3.63) is 46.2 Å². The number of anilines is 1. The minimum atomic E-state index is 0.422. The molecule has 0 saturated carbocycles. The SMILES string of the molecule is COc1ccnc(CNc2cc(Br)ccc2C#N)c1OC. The van der Waals surface area contributed by atoms with Gasteiger partial charge >= 0.3 is 0 Å². The summed E-state index contributed by atoms with van der Waals surface area (Å²) in [5.74, 6) is 1.21. The third-order valence-corrected chi connectivity index (χ3v) is 3.41. The highest BCUT2D eigenvalue weighted by molar-refractivity contribution is 9.10. The fourth-order valence-electron chi connectivity index (χ4n) is 1.92. The van der Waals surface area contributed by atoms with Crippen LogP contribution in [0.2, 0.25) is 0 Å². The van der Waals surface area contributed by atoms with Crippen molar-refractivity contribution in [1.82, 2.24) is 4.98 Å². The topological polar surface area (TPSA) is 67.2 Å². The largest absolute Gasteiger partial charge is 0.493 e. The number of rotatable bonds is 5. The van der Waals surface area contributed by atoms with E-state index < -0.39 is 0 Å². The number of aromatic nitrogens is 1. The van der Waals surface area contributed by atoms with Crippen LogP contribution in [0, 0.1) is 11.3 Å². The maximum absolute atomic E-state index is 9.12. The first-order valence-corrected chi connectivity index (χ1v) is 6.98. The number of nitrogens with one attached hydrogen (secondary N) is 1. The van der Waals surface area contributed by atoms with Gasteiger partial charge in [-0.15, -0.1) is 0 Å². The Kier molecular flexibility index (Phi) is 5.01. The molecule has 1 aromatic carbocycles. The van der Waals surface area contributed by atoms with Crippen LogP contribution in [0.1, 0.15) is 11.3 Å². The summed E-state index contributed by atoms with van der Waals surface area (Å²) in [4.78, 5) is 4.29. The summed E-state index contributed by atoms with van der Waals surface area (Å²) in [6.45, 7) is 0.422. The van der Waals surface area contributed by atoms with E-state index >= 15 is 0 Å². The molecule has 0 aliphatic carbocycles. The van der Waals surface area contributed by atoms with Gasteiger partial charge in [-0.2, -0.15) is 5.26 Å². The van der Waals surface area contributed by atoms with Crippen molar-refractivity contribution in [1.29, 1.82) is 5.26 Å². The van der Waals surface area contributed by atoms with E-state index in [1.165, 1.54) is 0 Å². The summed E-state index contributed by atoms with van der Waals surface area (Å²) in [6.07, 6.45) is 1.66. The van der Waals surface area contributed by atoms with Gasteiger partial charge in [0.05, 0.1) is 32.0 Å². The molecule has 0 saturated heterocycles. The van der Waals surface area contributed by atoms with Crippen LogP contribution in [0.25, 0.3) is 0 Å². The first-order chi connectivity index (χ1) is 10.2. The number of nitriles is 1. The van der Waals surface area contributed by atoms with E-state index in [4.69, 9.17) is 14.7 Å². The fourth-order valence-corrected chi connectivity index (χ4v) is 2.28. The van der Waals surface area contributed by atoms with Gasteiger partial charge in [0.15, 0.2) is 11.5 Å². The van der Waals surface area contributed by atoms with E-state index in [-0.39, 0.29) is 0 Å². The van der Waals surface area contributed by atoms with Gasteiger partial charge in [0, 0.05) is 16.7 Å².